The van der Waals surface area contributed by atoms with Gasteiger partial charge in [0.1, 0.15) is 0 Å². The average Bonchev–Trinajstić information content (AvgIpc) is 2.40. The number of carbonyl (C=O) groups excluding carboxylic acids is 1. The topological polar surface area (TPSA) is 26.3 Å². The number of hydrogen-bond acceptors (Lipinski definition) is 2. The van der Waals surface area contributed by atoms with Gasteiger partial charge in [-0.25, -0.2) is 0 Å². The summed E-state index contributed by atoms with van der Waals surface area (Å²) in [6.07, 6.45) is 13.8. The summed E-state index contributed by atoms with van der Waals surface area (Å²) in [5, 5.41) is 0. The zero-order valence-electron chi connectivity index (χ0n) is 15.0. The molecule has 0 aromatic heterocycles. The van der Waals surface area contributed by atoms with Crippen molar-refractivity contribution >= 4 is 14.0 Å². The Balaban J connectivity index is 3.42. The van der Waals surface area contributed by atoms with Crippen LogP contribution in [-0.2, 0) is 9.53 Å². The Bertz CT molecular complexity index is 252. The van der Waals surface area contributed by atoms with E-state index in [1.54, 1.807) is 0 Å². The summed E-state index contributed by atoms with van der Waals surface area (Å²) in [5.74, 6) is 0.0150. The Hall–Kier alpha value is -0.313. The molecular formula is C18H38O2Si. The lowest BCUT2D eigenvalue weighted by Gasteiger charge is -2.20. The van der Waals surface area contributed by atoms with Crippen molar-refractivity contribution in [3.63, 3.8) is 0 Å². The van der Waals surface area contributed by atoms with Gasteiger partial charge < -0.3 is 4.74 Å². The van der Waals surface area contributed by atoms with Crippen molar-refractivity contribution < 1.29 is 9.53 Å². The van der Waals surface area contributed by atoms with Crippen molar-refractivity contribution in [2.45, 2.75) is 103 Å². The molecule has 0 fully saturated rings. The fraction of sp³-hybridized carbons (Fsp3) is 0.944. The van der Waals surface area contributed by atoms with Crippen molar-refractivity contribution in [2.75, 3.05) is 6.61 Å². The number of rotatable bonds is 14. The standard InChI is InChI=1S/C18H38O2Si/c1-5-7-8-9-10-11-12-13-14-15-16-21(3,4)17-18(19)20-6-2/h5-17H2,1-4H3. The van der Waals surface area contributed by atoms with Crippen LogP contribution in [0.15, 0.2) is 0 Å². The van der Waals surface area contributed by atoms with Gasteiger partial charge in [0.15, 0.2) is 0 Å². The molecule has 0 atom stereocenters. The Morgan fingerprint density at radius 1 is 0.810 bits per heavy atom. The monoisotopic (exact) mass is 314 g/mol. The van der Waals surface area contributed by atoms with Gasteiger partial charge in [0.25, 0.3) is 0 Å². The Morgan fingerprint density at radius 2 is 1.29 bits per heavy atom. The molecule has 0 aliphatic heterocycles. The fourth-order valence-corrected chi connectivity index (χ4v) is 5.05. The van der Waals surface area contributed by atoms with Crippen LogP contribution in [0, 0.1) is 0 Å². The first-order chi connectivity index (χ1) is 10.0. The molecule has 0 aromatic rings. The highest BCUT2D eigenvalue weighted by atomic mass is 28.3. The molecule has 2 nitrogen and oxygen atoms in total. The molecule has 0 N–H and O–H groups in total. The Morgan fingerprint density at radius 3 is 1.76 bits per heavy atom. The maximum atomic E-state index is 11.6. The summed E-state index contributed by atoms with van der Waals surface area (Å²) in [7, 11) is -1.37. The minimum Gasteiger partial charge on any atom is -0.466 e. The minimum absolute atomic E-state index is 0.0150. The normalized spacial score (nSPS) is 11.6. The zero-order chi connectivity index (χ0) is 16.0. The molecule has 126 valence electrons. The van der Waals surface area contributed by atoms with Crippen LogP contribution in [-0.4, -0.2) is 20.7 Å². The molecular weight excluding hydrogens is 276 g/mol. The van der Waals surface area contributed by atoms with E-state index in [4.69, 9.17) is 4.74 Å². The van der Waals surface area contributed by atoms with Crippen molar-refractivity contribution in [3.8, 4) is 0 Å². The number of carbonyl (C=O) groups is 1. The molecule has 0 aromatic carbocycles. The fourth-order valence-electron chi connectivity index (χ4n) is 2.78. The third kappa shape index (κ3) is 14.4. The van der Waals surface area contributed by atoms with Crippen LogP contribution < -0.4 is 0 Å². The van der Waals surface area contributed by atoms with Crippen molar-refractivity contribution in [1.29, 1.82) is 0 Å². The van der Waals surface area contributed by atoms with E-state index in [9.17, 15) is 4.79 Å². The summed E-state index contributed by atoms with van der Waals surface area (Å²) < 4.78 is 5.07. The van der Waals surface area contributed by atoms with Crippen LogP contribution in [0.3, 0.4) is 0 Å². The Kier molecular flexibility index (Phi) is 13.2. The SMILES string of the molecule is CCCCCCCCCCCC[Si](C)(C)CC(=O)OCC. The lowest BCUT2D eigenvalue weighted by atomic mass is 10.1. The van der Waals surface area contributed by atoms with E-state index in [1.807, 2.05) is 6.92 Å². The summed E-state index contributed by atoms with van der Waals surface area (Å²) >= 11 is 0. The summed E-state index contributed by atoms with van der Waals surface area (Å²) in [6, 6.07) is 1.96. The molecule has 3 heteroatoms. The number of esters is 1. The second kappa shape index (κ2) is 13.4. The smallest absolute Gasteiger partial charge is 0.303 e. The molecule has 0 bridgehead atoms. The quantitative estimate of drug-likeness (QED) is 0.217. The van der Waals surface area contributed by atoms with Gasteiger partial charge in [-0.3, -0.25) is 4.79 Å². The van der Waals surface area contributed by atoms with E-state index in [-0.39, 0.29) is 5.97 Å². The number of unbranched alkanes of at least 4 members (excludes halogenated alkanes) is 9. The van der Waals surface area contributed by atoms with Crippen LogP contribution in [0.1, 0.15) is 78.1 Å². The molecule has 0 saturated heterocycles. The van der Waals surface area contributed by atoms with Gasteiger partial charge in [-0.1, -0.05) is 90.3 Å². The van der Waals surface area contributed by atoms with Crippen LogP contribution in [0.25, 0.3) is 0 Å². The lowest BCUT2D eigenvalue weighted by Crippen LogP contribution is -2.29. The molecule has 0 spiro atoms. The first-order valence-electron chi connectivity index (χ1n) is 9.17. The van der Waals surface area contributed by atoms with Crippen molar-refractivity contribution in [1.82, 2.24) is 0 Å². The van der Waals surface area contributed by atoms with Crippen molar-refractivity contribution in [3.05, 3.63) is 0 Å². The van der Waals surface area contributed by atoms with Gasteiger partial charge in [0.2, 0.25) is 0 Å². The average molecular weight is 315 g/mol. The van der Waals surface area contributed by atoms with Gasteiger partial charge in [-0.2, -0.15) is 0 Å². The van der Waals surface area contributed by atoms with E-state index in [0.717, 1.165) is 0 Å². The molecule has 0 saturated carbocycles. The zero-order valence-corrected chi connectivity index (χ0v) is 16.0. The number of hydrogen-bond donors (Lipinski definition) is 0. The molecule has 0 amide bonds. The second-order valence-corrected chi connectivity index (χ2v) is 12.3. The largest absolute Gasteiger partial charge is 0.466 e. The minimum atomic E-state index is -1.37. The van der Waals surface area contributed by atoms with E-state index in [0.29, 0.717) is 12.7 Å². The summed E-state index contributed by atoms with van der Waals surface area (Å²) in [4.78, 5) is 11.6. The molecule has 0 aliphatic rings. The van der Waals surface area contributed by atoms with Crippen LogP contribution in [0.2, 0.25) is 25.2 Å². The van der Waals surface area contributed by atoms with E-state index >= 15 is 0 Å². The van der Waals surface area contributed by atoms with E-state index in [2.05, 4.69) is 20.0 Å². The second-order valence-electron chi connectivity index (χ2n) is 7.08. The van der Waals surface area contributed by atoms with Crippen LogP contribution >= 0.6 is 0 Å². The number of ether oxygens (including phenoxy) is 1. The molecule has 0 aliphatic carbocycles. The van der Waals surface area contributed by atoms with Gasteiger partial charge in [0, 0.05) is 6.04 Å². The molecule has 0 radical (unpaired) electrons. The van der Waals surface area contributed by atoms with Crippen LogP contribution in [0.4, 0.5) is 0 Å². The first kappa shape index (κ1) is 20.7. The Labute approximate surface area is 134 Å². The summed E-state index contributed by atoms with van der Waals surface area (Å²) in [6.45, 7) is 9.30. The molecule has 0 unspecified atom stereocenters. The molecule has 0 rings (SSSR count). The van der Waals surface area contributed by atoms with Crippen molar-refractivity contribution in [2.24, 2.45) is 0 Å². The lowest BCUT2D eigenvalue weighted by molar-refractivity contribution is -0.140. The summed E-state index contributed by atoms with van der Waals surface area (Å²) in [5.41, 5.74) is 0. The third-order valence-corrected chi connectivity index (χ3v) is 7.09. The van der Waals surface area contributed by atoms with E-state index in [1.165, 1.54) is 70.3 Å². The maximum absolute atomic E-state index is 11.6. The predicted molar refractivity (Wildman–Crippen MR) is 95.6 cm³/mol. The van der Waals surface area contributed by atoms with Gasteiger partial charge in [0.05, 0.1) is 14.7 Å². The maximum Gasteiger partial charge on any atom is 0.303 e. The van der Waals surface area contributed by atoms with E-state index < -0.39 is 8.07 Å². The highest BCUT2D eigenvalue weighted by Crippen LogP contribution is 2.21. The highest BCUT2D eigenvalue weighted by molar-refractivity contribution is 6.79. The van der Waals surface area contributed by atoms with Gasteiger partial charge >= 0.3 is 5.97 Å². The van der Waals surface area contributed by atoms with Gasteiger partial charge in [-0.05, 0) is 6.92 Å². The highest BCUT2D eigenvalue weighted by Gasteiger charge is 2.24. The predicted octanol–water partition coefficient (Wildman–Crippen LogP) is 6.18. The first-order valence-corrected chi connectivity index (χ1v) is 12.6. The molecule has 21 heavy (non-hydrogen) atoms. The van der Waals surface area contributed by atoms with Gasteiger partial charge in [-0.15, -0.1) is 0 Å². The molecule has 0 heterocycles. The third-order valence-electron chi connectivity index (χ3n) is 4.14. The van der Waals surface area contributed by atoms with Crippen LogP contribution in [0.5, 0.6) is 0 Å².